The summed E-state index contributed by atoms with van der Waals surface area (Å²) in [6.45, 7) is -0.401. The van der Waals surface area contributed by atoms with Gasteiger partial charge in [0.25, 0.3) is 5.56 Å². The van der Waals surface area contributed by atoms with E-state index in [9.17, 15) is 14.5 Å². The predicted molar refractivity (Wildman–Crippen MR) is 130 cm³/mol. The van der Waals surface area contributed by atoms with E-state index in [1.807, 2.05) is 0 Å². The molecule has 9 atom stereocenters. The molecule has 6 N–H and O–H groups in total. The molecular weight excluding hydrogens is 581 g/mol. The number of aliphatic hydroxyl groups excluding tert-OH is 1. The number of aliphatic hydroxyl groups is 1. The van der Waals surface area contributed by atoms with Crippen LogP contribution in [0.2, 0.25) is 0 Å². The Morgan fingerprint density at radius 1 is 1.18 bits per heavy atom. The molecule has 2 bridgehead atoms. The summed E-state index contributed by atoms with van der Waals surface area (Å²) in [5.74, 6) is -2.77. The Balaban J connectivity index is 1.17. The van der Waals surface area contributed by atoms with Gasteiger partial charge in [-0.25, -0.2) is 19.9 Å². The molecule has 3 fully saturated rings. The molecule has 7 heterocycles. The molecule has 9 unspecified atom stereocenters. The molecule has 0 aromatic carbocycles. The number of imidazole rings is 2. The minimum absolute atomic E-state index is 0.0157. The number of hydrogen-bond acceptors (Lipinski definition) is 16. The zero-order valence-electron chi connectivity index (χ0n) is 19.8. The number of ether oxygens (including phenoxy) is 2. The molecule has 7 rings (SSSR count). The van der Waals surface area contributed by atoms with Crippen molar-refractivity contribution in [1.82, 2.24) is 39.0 Å². The minimum atomic E-state index is -3.33. The van der Waals surface area contributed by atoms with Crippen LogP contribution < -0.4 is 17.0 Å². The van der Waals surface area contributed by atoms with Gasteiger partial charge in [-0.15, -0.1) is 0 Å². The molecule has 0 saturated carbocycles. The van der Waals surface area contributed by atoms with Crippen molar-refractivity contribution in [3.05, 3.63) is 29.3 Å². The van der Waals surface area contributed by atoms with Gasteiger partial charge in [-0.05, 0) is 0 Å². The number of aromatic nitrogens is 8. The maximum absolute atomic E-state index is 16.2. The van der Waals surface area contributed by atoms with E-state index in [1.54, 1.807) is 0 Å². The Morgan fingerprint density at radius 3 is 2.85 bits per heavy atom. The zero-order valence-corrected chi connectivity index (χ0v) is 21.8. The van der Waals surface area contributed by atoms with Gasteiger partial charge in [0.2, 0.25) is 5.95 Å². The van der Waals surface area contributed by atoms with Crippen LogP contribution in [0.4, 0.5) is 16.2 Å². The number of alkyl halides is 1. The fourth-order valence-electron chi connectivity index (χ4n) is 4.66. The average Bonchev–Trinajstić information content (AvgIpc) is 3.61. The molecule has 0 radical (unpaired) electrons. The number of nitrogens with one attached hydrogen (secondary N) is 1. The molecule has 0 amide bonds. The fourth-order valence-corrected chi connectivity index (χ4v) is 6.25. The van der Waals surface area contributed by atoms with Crippen molar-refractivity contribution >= 4 is 51.4 Å². The third kappa shape index (κ3) is 3.92. The zero-order chi connectivity index (χ0) is 27.8. The number of nitrogens with two attached hydrogens (primary N) is 2. The summed E-state index contributed by atoms with van der Waals surface area (Å²) in [4.78, 5) is 34.5. The van der Waals surface area contributed by atoms with Gasteiger partial charge in [0.05, 0.1) is 12.9 Å². The Bertz CT molecular complexity index is 1700. The van der Waals surface area contributed by atoms with E-state index < -0.39 is 72.4 Å². The highest BCUT2D eigenvalue weighted by Gasteiger charge is 2.61. The summed E-state index contributed by atoms with van der Waals surface area (Å²) in [5, 5.41) is 10.9. The quantitative estimate of drug-likeness (QED) is 0.202. The van der Waals surface area contributed by atoms with Gasteiger partial charge in [-0.1, -0.05) is 0 Å². The van der Waals surface area contributed by atoms with Crippen molar-refractivity contribution in [2.45, 2.75) is 42.9 Å². The second-order valence-electron chi connectivity index (χ2n) is 8.85. The summed E-state index contributed by atoms with van der Waals surface area (Å²) in [7, 11) is -4.21. The van der Waals surface area contributed by atoms with Crippen LogP contribution in [0.3, 0.4) is 0 Å². The largest absolute Gasteiger partial charge is 0.385 e. The molecular formula is C18H19FN10O9P2. The maximum atomic E-state index is 16.2. The molecule has 3 aliphatic heterocycles. The number of hydrogen-bond donors (Lipinski definition) is 4. The molecule has 40 heavy (non-hydrogen) atoms. The fraction of sp³-hybridized carbons (Fsp3) is 0.444. The van der Waals surface area contributed by atoms with Gasteiger partial charge in [0.15, 0.2) is 50.3 Å². The SMILES string of the molecule is Nc1nc2c(ncn2C2OC3OPOC4C(CO[PH](=O)OC2C3O)OC4(F)n2cnc3c(N)ncnc32)c(=O)[nH]1. The van der Waals surface area contributed by atoms with Crippen LogP contribution in [0.1, 0.15) is 6.23 Å². The highest BCUT2D eigenvalue weighted by molar-refractivity contribution is 7.33. The van der Waals surface area contributed by atoms with Gasteiger partial charge >= 0.3 is 14.2 Å². The van der Waals surface area contributed by atoms with Gasteiger partial charge < -0.3 is 39.6 Å². The minimum Gasteiger partial charge on any atom is -0.385 e. The van der Waals surface area contributed by atoms with E-state index in [-0.39, 0.29) is 34.1 Å². The number of aromatic amines is 1. The lowest BCUT2D eigenvalue weighted by Crippen LogP contribution is -2.64. The third-order valence-corrected chi connectivity index (χ3v) is 8.07. The molecule has 4 aromatic rings. The van der Waals surface area contributed by atoms with Crippen molar-refractivity contribution < 1.29 is 41.6 Å². The van der Waals surface area contributed by atoms with E-state index in [2.05, 4.69) is 29.9 Å². The van der Waals surface area contributed by atoms with Crippen LogP contribution in [0.25, 0.3) is 22.3 Å². The average molecular weight is 600 g/mol. The monoisotopic (exact) mass is 600 g/mol. The summed E-state index contributed by atoms with van der Waals surface area (Å²) in [6, 6.07) is 0. The lowest BCUT2D eigenvalue weighted by atomic mass is 10.1. The standard InChI is InChI=1S/C18H19FN10O9P2/c19-18(29-4-25-6-11(20)22-2-23-12(6)29)10-5(35-18)1-33-40(32)38-9-8(30)16(37-39-36-10)34-15(9)28-3-24-7-13(28)26-17(21)27-14(7)31/h2-5,8-10,15-16,30,39-40H,1H2,(H2,20,22,23)(H3,21,26,27,31). The highest BCUT2D eigenvalue weighted by atomic mass is 31.1. The number of nitrogens with zero attached hydrogens (tertiary/aromatic N) is 7. The first-order valence-corrected chi connectivity index (χ1v) is 13.5. The molecule has 22 heteroatoms. The van der Waals surface area contributed by atoms with Crippen molar-refractivity contribution in [2.24, 2.45) is 0 Å². The van der Waals surface area contributed by atoms with E-state index in [0.717, 1.165) is 17.2 Å². The molecule has 3 saturated heterocycles. The van der Waals surface area contributed by atoms with E-state index in [0.29, 0.717) is 0 Å². The summed E-state index contributed by atoms with van der Waals surface area (Å²) < 4.78 is 64.6. The van der Waals surface area contributed by atoms with Crippen molar-refractivity contribution in [2.75, 3.05) is 18.1 Å². The molecule has 0 aliphatic carbocycles. The first kappa shape index (κ1) is 25.8. The van der Waals surface area contributed by atoms with Crippen LogP contribution in [0.15, 0.2) is 23.8 Å². The highest BCUT2D eigenvalue weighted by Crippen LogP contribution is 2.49. The summed E-state index contributed by atoms with van der Waals surface area (Å²) in [6.07, 6.45) is -4.36. The predicted octanol–water partition coefficient (Wildman–Crippen LogP) is -0.966. The van der Waals surface area contributed by atoms with Gasteiger partial charge in [-0.2, -0.15) is 9.37 Å². The van der Waals surface area contributed by atoms with Gasteiger partial charge in [0, 0.05) is 0 Å². The third-order valence-electron chi connectivity index (χ3n) is 6.53. The number of rotatable bonds is 2. The van der Waals surface area contributed by atoms with Crippen molar-refractivity contribution in [1.29, 1.82) is 0 Å². The van der Waals surface area contributed by atoms with Crippen LogP contribution in [-0.2, 0) is 38.1 Å². The van der Waals surface area contributed by atoms with Crippen LogP contribution >= 0.6 is 17.3 Å². The number of H-pyrrole nitrogens is 1. The Hall–Kier alpha value is -3.19. The molecule has 212 valence electrons. The van der Waals surface area contributed by atoms with E-state index in [4.69, 9.17) is 39.0 Å². The molecule has 4 aromatic heterocycles. The van der Waals surface area contributed by atoms with Gasteiger partial charge in [0.1, 0.15) is 36.5 Å². The van der Waals surface area contributed by atoms with Crippen molar-refractivity contribution in [3.63, 3.8) is 0 Å². The van der Waals surface area contributed by atoms with Gasteiger partial charge in [-0.3, -0.25) is 28.0 Å². The van der Waals surface area contributed by atoms with Crippen LogP contribution in [0, 0.1) is 0 Å². The molecule has 0 spiro atoms. The first-order valence-electron chi connectivity index (χ1n) is 11.5. The number of fused-ring (bicyclic) bond motifs is 5. The lowest BCUT2D eigenvalue weighted by molar-refractivity contribution is -0.390. The van der Waals surface area contributed by atoms with Crippen LogP contribution in [0.5, 0.6) is 0 Å². The Labute approximate surface area is 222 Å². The smallest absolute Gasteiger partial charge is 0.326 e. The maximum Gasteiger partial charge on any atom is 0.326 e. The first-order chi connectivity index (χ1) is 19.2. The topological polar surface area (TPSA) is 252 Å². The Morgan fingerprint density at radius 2 is 2.00 bits per heavy atom. The second-order valence-corrected chi connectivity index (χ2v) is 10.5. The second kappa shape index (κ2) is 9.44. The summed E-state index contributed by atoms with van der Waals surface area (Å²) in [5.41, 5.74) is 11.0. The summed E-state index contributed by atoms with van der Waals surface area (Å²) >= 11 is 0. The Kier molecular flexibility index (Phi) is 6.08. The normalized spacial score (nSPS) is 35.3. The van der Waals surface area contributed by atoms with Crippen molar-refractivity contribution in [3.8, 4) is 0 Å². The lowest BCUT2D eigenvalue weighted by Gasteiger charge is -2.48. The van der Waals surface area contributed by atoms with Crippen LogP contribution in [-0.4, -0.2) is 81.5 Å². The number of anilines is 2. The molecule has 19 nitrogen and oxygen atoms in total. The molecule has 3 aliphatic rings. The van der Waals surface area contributed by atoms with E-state index in [1.165, 1.54) is 10.9 Å². The number of halogens is 1. The van der Waals surface area contributed by atoms with E-state index >= 15 is 4.39 Å². The number of nitrogen functional groups attached to an aromatic ring is 2.